The van der Waals surface area contributed by atoms with E-state index in [1.54, 1.807) is 0 Å². The highest BCUT2D eigenvalue weighted by molar-refractivity contribution is 6.04. The van der Waals surface area contributed by atoms with Gasteiger partial charge in [0.05, 0.1) is 5.69 Å². The Bertz CT molecular complexity index is 787. The number of carbonyl (C=O) groups is 1. The summed E-state index contributed by atoms with van der Waals surface area (Å²) in [5, 5.41) is 10.9. The number of H-pyrrole nitrogens is 1. The Balaban J connectivity index is 2.22. The van der Waals surface area contributed by atoms with Crippen LogP contribution in [0.15, 0.2) is 41.5 Å². The molecule has 0 spiro atoms. The Morgan fingerprint density at radius 2 is 2.19 bits per heavy atom. The number of nitrogens with one attached hydrogen (secondary N) is 2. The maximum atomic E-state index is 13.8. The van der Waals surface area contributed by atoms with Gasteiger partial charge in [0.25, 0.3) is 5.91 Å². The summed E-state index contributed by atoms with van der Waals surface area (Å²) >= 11 is 0. The molecule has 0 bridgehead atoms. The van der Waals surface area contributed by atoms with Crippen LogP contribution < -0.4 is 10.7 Å². The zero-order valence-corrected chi connectivity index (χ0v) is 10.8. The van der Waals surface area contributed by atoms with Crippen molar-refractivity contribution in [3.05, 3.63) is 63.8 Å². The van der Waals surface area contributed by atoms with Gasteiger partial charge in [0.1, 0.15) is 18.0 Å². The van der Waals surface area contributed by atoms with Crippen molar-refractivity contribution in [1.29, 1.82) is 0 Å². The van der Waals surface area contributed by atoms with Gasteiger partial charge in [-0.2, -0.15) is 0 Å². The SMILES string of the molecule is O=C(Nc1ccc(C#CCO)cc1F)c1c[nH]ccc1=O. The number of aliphatic hydroxyl groups is 1. The molecule has 0 saturated heterocycles. The molecule has 21 heavy (non-hydrogen) atoms. The maximum absolute atomic E-state index is 13.8. The van der Waals surface area contributed by atoms with Gasteiger partial charge in [-0.1, -0.05) is 11.8 Å². The van der Waals surface area contributed by atoms with E-state index in [1.165, 1.54) is 30.6 Å². The zero-order chi connectivity index (χ0) is 15.2. The molecule has 0 unspecified atom stereocenters. The molecule has 0 radical (unpaired) electrons. The molecule has 6 heteroatoms. The van der Waals surface area contributed by atoms with Gasteiger partial charge in [-0.3, -0.25) is 9.59 Å². The summed E-state index contributed by atoms with van der Waals surface area (Å²) in [6.07, 6.45) is 2.64. The standard InChI is InChI=1S/C15H11FN2O3/c16-12-8-10(2-1-7-19)3-4-13(12)18-15(21)11-9-17-6-5-14(11)20/h3-6,8-9,19H,7H2,(H,17,20)(H,18,21). The monoisotopic (exact) mass is 286 g/mol. The van der Waals surface area contributed by atoms with Crippen molar-refractivity contribution in [3.63, 3.8) is 0 Å². The van der Waals surface area contributed by atoms with E-state index in [0.29, 0.717) is 5.56 Å². The van der Waals surface area contributed by atoms with Crippen molar-refractivity contribution in [2.45, 2.75) is 0 Å². The Morgan fingerprint density at radius 3 is 2.86 bits per heavy atom. The van der Waals surface area contributed by atoms with Crippen molar-refractivity contribution >= 4 is 11.6 Å². The first-order valence-corrected chi connectivity index (χ1v) is 5.99. The molecule has 0 aliphatic heterocycles. The second kappa shape index (κ2) is 6.50. The van der Waals surface area contributed by atoms with Crippen LogP contribution in [0.5, 0.6) is 0 Å². The Morgan fingerprint density at radius 1 is 1.38 bits per heavy atom. The highest BCUT2D eigenvalue weighted by Gasteiger charge is 2.12. The molecule has 0 atom stereocenters. The molecule has 0 fully saturated rings. The fourth-order valence-electron chi connectivity index (χ4n) is 1.62. The zero-order valence-electron chi connectivity index (χ0n) is 10.8. The molecule has 0 saturated carbocycles. The number of rotatable bonds is 2. The minimum absolute atomic E-state index is 0.0576. The summed E-state index contributed by atoms with van der Waals surface area (Å²) in [7, 11) is 0. The van der Waals surface area contributed by atoms with Gasteiger partial charge in [-0.05, 0) is 18.2 Å². The van der Waals surface area contributed by atoms with Gasteiger partial charge in [0.15, 0.2) is 5.43 Å². The molecule has 0 aliphatic carbocycles. The third kappa shape index (κ3) is 3.55. The number of benzene rings is 1. The van der Waals surface area contributed by atoms with Crippen LogP contribution in [-0.2, 0) is 0 Å². The van der Waals surface area contributed by atoms with Crippen LogP contribution in [-0.4, -0.2) is 22.6 Å². The Kier molecular flexibility index (Phi) is 4.49. The maximum Gasteiger partial charge on any atom is 0.261 e. The number of aromatic nitrogens is 1. The predicted octanol–water partition coefficient (Wildman–Crippen LogP) is 1.11. The lowest BCUT2D eigenvalue weighted by atomic mass is 10.2. The number of aromatic amines is 1. The van der Waals surface area contributed by atoms with E-state index in [2.05, 4.69) is 22.1 Å². The van der Waals surface area contributed by atoms with Gasteiger partial charge in [0.2, 0.25) is 0 Å². The number of carbonyl (C=O) groups excluding carboxylic acids is 1. The lowest BCUT2D eigenvalue weighted by molar-refractivity contribution is 0.102. The average molecular weight is 286 g/mol. The van der Waals surface area contributed by atoms with Crippen molar-refractivity contribution in [1.82, 2.24) is 4.98 Å². The van der Waals surface area contributed by atoms with Gasteiger partial charge in [-0.15, -0.1) is 0 Å². The fourth-order valence-corrected chi connectivity index (χ4v) is 1.62. The minimum Gasteiger partial charge on any atom is -0.384 e. The minimum atomic E-state index is -0.704. The molecular weight excluding hydrogens is 275 g/mol. The summed E-state index contributed by atoms with van der Waals surface area (Å²) in [4.78, 5) is 26.0. The summed E-state index contributed by atoms with van der Waals surface area (Å²) in [6.45, 7) is -0.323. The average Bonchev–Trinajstić information content (AvgIpc) is 2.48. The molecule has 3 N–H and O–H groups in total. The van der Waals surface area contributed by atoms with E-state index in [-0.39, 0.29) is 17.9 Å². The van der Waals surface area contributed by atoms with Crippen LogP contribution in [0.4, 0.5) is 10.1 Å². The molecule has 2 rings (SSSR count). The number of pyridine rings is 1. The van der Waals surface area contributed by atoms with E-state index in [9.17, 15) is 14.0 Å². The van der Waals surface area contributed by atoms with Gasteiger partial charge < -0.3 is 15.4 Å². The number of amides is 1. The van der Waals surface area contributed by atoms with E-state index < -0.39 is 17.2 Å². The third-order valence-electron chi connectivity index (χ3n) is 2.60. The normalized spacial score (nSPS) is 9.62. The summed E-state index contributed by atoms with van der Waals surface area (Å²) in [6, 6.07) is 5.18. The van der Waals surface area contributed by atoms with Crippen molar-refractivity contribution < 1.29 is 14.3 Å². The van der Waals surface area contributed by atoms with Crippen LogP contribution in [0.2, 0.25) is 0 Å². The highest BCUT2D eigenvalue weighted by atomic mass is 19.1. The number of hydrogen-bond acceptors (Lipinski definition) is 3. The molecule has 0 aliphatic rings. The largest absolute Gasteiger partial charge is 0.384 e. The van der Waals surface area contributed by atoms with Crippen molar-refractivity contribution in [3.8, 4) is 11.8 Å². The topological polar surface area (TPSA) is 82.2 Å². The summed E-state index contributed by atoms with van der Waals surface area (Å²) in [5.41, 5.74) is -0.256. The second-order valence-electron chi connectivity index (χ2n) is 4.03. The number of hydrogen-bond donors (Lipinski definition) is 3. The number of anilines is 1. The van der Waals surface area contributed by atoms with Crippen LogP contribution >= 0.6 is 0 Å². The summed E-state index contributed by atoms with van der Waals surface area (Å²) in [5.74, 6) is 3.56. The van der Waals surface area contributed by atoms with Crippen LogP contribution in [0.25, 0.3) is 0 Å². The lowest BCUT2D eigenvalue weighted by Crippen LogP contribution is -2.21. The van der Waals surface area contributed by atoms with Crippen LogP contribution in [0, 0.1) is 17.7 Å². The van der Waals surface area contributed by atoms with Crippen LogP contribution in [0.3, 0.4) is 0 Å². The Labute approximate surface area is 119 Å². The molecule has 1 heterocycles. The molecule has 5 nitrogen and oxygen atoms in total. The van der Waals surface area contributed by atoms with E-state index in [0.717, 1.165) is 6.07 Å². The predicted molar refractivity (Wildman–Crippen MR) is 75.4 cm³/mol. The number of halogens is 1. The Hall–Kier alpha value is -2.91. The van der Waals surface area contributed by atoms with E-state index in [1.807, 2.05) is 0 Å². The third-order valence-corrected chi connectivity index (χ3v) is 2.60. The summed E-state index contributed by atoms with van der Waals surface area (Å²) < 4.78 is 13.8. The molecule has 2 aromatic rings. The van der Waals surface area contributed by atoms with Gasteiger partial charge in [-0.25, -0.2) is 4.39 Å². The lowest BCUT2D eigenvalue weighted by Gasteiger charge is -2.06. The molecular formula is C15H11FN2O3. The fraction of sp³-hybridized carbons (Fsp3) is 0.0667. The first-order chi connectivity index (χ1) is 10.1. The molecule has 1 aromatic carbocycles. The quantitative estimate of drug-likeness (QED) is 0.723. The molecule has 1 aromatic heterocycles. The van der Waals surface area contributed by atoms with Gasteiger partial charge in [0, 0.05) is 24.0 Å². The van der Waals surface area contributed by atoms with Gasteiger partial charge >= 0.3 is 0 Å². The molecule has 1 amide bonds. The number of aliphatic hydroxyl groups excluding tert-OH is 1. The first kappa shape index (κ1) is 14.5. The van der Waals surface area contributed by atoms with E-state index >= 15 is 0 Å². The van der Waals surface area contributed by atoms with Crippen LogP contribution in [0.1, 0.15) is 15.9 Å². The molecule has 106 valence electrons. The smallest absolute Gasteiger partial charge is 0.261 e. The van der Waals surface area contributed by atoms with Crippen molar-refractivity contribution in [2.75, 3.05) is 11.9 Å². The van der Waals surface area contributed by atoms with Crippen molar-refractivity contribution in [2.24, 2.45) is 0 Å². The highest BCUT2D eigenvalue weighted by Crippen LogP contribution is 2.15. The van der Waals surface area contributed by atoms with E-state index in [4.69, 9.17) is 5.11 Å². The first-order valence-electron chi connectivity index (χ1n) is 5.99. The second-order valence-corrected chi connectivity index (χ2v) is 4.03.